The lowest BCUT2D eigenvalue weighted by atomic mass is 9.63. The number of carbonyl (C=O) groups excluding carboxylic acids is 4. The minimum Gasteiger partial charge on any atom is -0.468 e. The molecule has 1 saturated carbocycles. The van der Waals surface area contributed by atoms with E-state index < -0.39 is 40.6 Å². The summed E-state index contributed by atoms with van der Waals surface area (Å²) in [4.78, 5) is 49.2. The van der Waals surface area contributed by atoms with E-state index in [2.05, 4.69) is 0 Å². The molecule has 0 unspecified atom stereocenters. The Bertz CT molecular complexity index is 515. The first-order valence-corrected chi connectivity index (χ1v) is 8.06. The van der Waals surface area contributed by atoms with Gasteiger partial charge in [-0.3, -0.25) is 19.2 Å². The van der Waals surface area contributed by atoms with E-state index >= 15 is 0 Å². The van der Waals surface area contributed by atoms with Crippen molar-refractivity contribution >= 4 is 23.3 Å². The van der Waals surface area contributed by atoms with E-state index in [0.29, 0.717) is 13.0 Å². The Hall–Kier alpha value is -1.56. The standard InChI is InChI=1S/C17H24O6/c1-17(2)9-12(19)13(15(20)14(17)16(21)22-3)11(18)7-6-10-5-4-8-23-10/h10,13-14H,4-9H2,1-3H3/t10-,13-,14-/m0/s1. The Morgan fingerprint density at radius 3 is 2.57 bits per heavy atom. The first kappa shape index (κ1) is 17.8. The van der Waals surface area contributed by atoms with Crippen LogP contribution >= 0.6 is 0 Å². The highest BCUT2D eigenvalue weighted by Gasteiger charge is 2.53. The zero-order chi connectivity index (χ0) is 17.2. The number of carbonyl (C=O) groups is 4. The topological polar surface area (TPSA) is 86.7 Å². The van der Waals surface area contributed by atoms with Crippen molar-refractivity contribution in [1.29, 1.82) is 0 Å². The third-order valence-electron chi connectivity index (χ3n) is 4.80. The minimum atomic E-state index is -1.33. The van der Waals surface area contributed by atoms with Crippen molar-refractivity contribution in [1.82, 2.24) is 0 Å². The van der Waals surface area contributed by atoms with Gasteiger partial charge in [-0.05, 0) is 24.7 Å². The predicted molar refractivity (Wildman–Crippen MR) is 80.6 cm³/mol. The molecule has 6 heteroatoms. The van der Waals surface area contributed by atoms with Gasteiger partial charge in [0.2, 0.25) is 0 Å². The zero-order valence-corrected chi connectivity index (χ0v) is 13.9. The summed E-state index contributed by atoms with van der Waals surface area (Å²) in [6.45, 7) is 4.05. The lowest BCUT2D eigenvalue weighted by Gasteiger charge is -2.37. The minimum absolute atomic E-state index is 0.0227. The first-order valence-electron chi connectivity index (χ1n) is 8.06. The molecular weight excluding hydrogens is 300 g/mol. The number of hydrogen-bond acceptors (Lipinski definition) is 6. The highest BCUT2D eigenvalue weighted by Crippen LogP contribution is 2.40. The van der Waals surface area contributed by atoms with Crippen LogP contribution in [0.15, 0.2) is 0 Å². The number of ketones is 3. The molecule has 2 aliphatic rings. The maximum absolute atomic E-state index is 12.6. The number of methoxy groups -OCH3 is 1. The Kier molecular flexibility index (Phi) is 5.34. The third kappa shape index (κ3) is 3.68. The molecule has 23 heavy (non-hydrogen) atoms. The Balaban J connectivity index is 2.10. The van der Waals surface area contributed by atoms with Gasteiger partial charge in [0, 0.05) is 19.4 Å². The SMILES string of the molecule is COC(=O)[C@@H]1C(=O)[C@@H](C(=O)CC[C@@H]2CCCO2)C(=O)CC1(C)C. The van der Waals surface area contributed by atoms with Crippen LogP contribution in [-0.2, 0) is 28.7 Å². The second kappa shape index (κ2) is 6.91. The average molecular weight is 324 g/mol. The fourth-order valence-electron chi connectivity index (χ4n) is 3.57. The summed E-state index contributed by atoms with van der Waals surface area (Å²) in [7, 11) is 1.20. The Labute approximate surface area is 135 Å². The second-order valence-corrected chi connectivity index (χ2v) is 7.06. The summed E-state index contributed by atoms with van der Waals surface area (Å²) in [6.07, 6.45) is 2.56. The quantitative estimate of drug-likeness (QED) is 0.562. The molecule has 0 amide bonds. The molecule has 3 atom stereocenters. The molecule has 0 radical (unpaired) electrons. The van der Waals surface area contributed by atoms with Gasteiger partial charge in [0.15, 0.2) is 17.3 Å². The van der Waals surface area contributed by atoms with Gasteiger partial charge >= 0.3 is 5.97 Å². The molecule has 2 rings (SSSR count). The molecule has 6 nitrogen and oxygen atoms in total. The maximum Gasteiger partial charge on any atom is 0.316 e. The number of hydrogen-bond donors (Lipinski definition) is 0. The van der Waals surface area contributed by atoms with E-state index in [1.54, 1.807) is 13.8 Å². The summed E-state index contributed by atoms with van der Waals surface area (Å²) >= 11 is 0. The van der Waals surface area contributed by atoms with Crippen molar-refractivity contribution in [2.75, 3.05) is 13.7 Å². The normalized spacial score (nSPS) is 30.3. The fourth-order valence-corrected chi connectivity index (χ4v) is 3.57. The van der Waals surface area contributed by atoms with E-state index in [9.17, 15) is 19.2 Å². The molecule has 0 bridgehead atoms. The summed E-state index contributed by atoms with van der Waals surface area (Å²) in [5, 5.41) is 0. The molecule has 0 aromatic heterocycles. The lowest BCUT2D eigenvalue weighted by molar-refractivity contribution is -0.161. The van der Waals surface area contributed by atoms with Crippen molar-refractivity contribution in [2.24, 2.45) is 17.3 Å². The van der Waals surface area contributed by atoms with Gasteiger partial charge in [-0.1, -0.05) is 13.8 Å². The van der Waals surface area contributed by atoms with Gasteiger partial charge < -0.3 is 9.47 Å². The van der Waals surface area contributed by atoms with Crippen LogP contribution < -0.4 is 0 Å². The van der Waals surface area contributed by atoms with Crippen LogP contribution in [-0.4, -0.2) is 43.1 Å². The Morgan fingerprint density at radius 1 is 1.30 bits per heavy atom. The Morgan fingerprint density at radius 2 is 2.00 bits per heavy atom. The predicted octanol–water partition coefficient (Wildman–Crippen LogP) is 1.49. The van der Waals surface area contributed by atoms with Crippen LogP contribution in [0.5, 0.6) is 0 Å². The maximum atomic E-state index is 12.6. The van der Waals surface area contributed by atoms with Crippen LogP contribution in [0.2, 0.25) is 0 Å². The molecule has 0 aromatic rings. The van der Waals surface area contributed by atoms with Gasteiger partial charge in [-0.2, -0.15) is 0 Å². The summed E-state index contributed by atoms with van der Waals surface area (Å²) in [5.41, 5.74) is -0.827. The lowest BCUT2D eigenvalue weighted by Crippen LogP contribution is -2.52. The van der Waals surface area contributed by atoms with E-state index in [-0.39, 0.29) is 18.9 Å². The third-order valence-corrected chi connectivity index (χ3v) is 4.80. The zero-order valence-electron chi connectivity index (χ0n) is 13.9. The highest BCUT2D eigenvalue weighted by molar-refractivity contribution is 6.25. The van der Waals surface area contributed by atoms with Crippen LogP contribution in [0.4, 0.5) is 0 Å². The number of Topliss-reactive ketones (excluding diaryl/α,β-unsaturated/α-hetero) is 3. The molecule has 0 N–H and O–H groups in total. The molecule has 1 aliphatic carbocycles. The number of ether oxygens (including phenoxy) is 2. The van der Waals surface area contributed by atoms with Gasteiger partial charge in [0.1, 0.15) is 11.8 Å². The van der Waals surface area contributed by atoms with Crippen molar-refractivity contribution in [3.05, 3.63) is 0 Å². The van der Waals surface area contributed by atoms with Crippen LogP contribution in [0.3, 0.4) is 0 Å². The van der Waals surface area contributed by atoms with Crippen molar-refractivity contribution < 1.29 is 28.7 Å². The number of esters is 1. The first-order chi connectivity index (χ1) is 10.8. The monoisotopic (exact) mass is 324 g/mol. The molecule has 0 aromatic carbocycles. The summed E-state index contributed by atoms with van der Waals surface area (Å²) in [6, 6.07) is 0. The fraction of sp³-hybridized carbons (Fsp3) is 0.765. The van der Waals surface area contributed by atoms with Gasteiger partial charge in [0.25, 0.3) is 0 Å². The molecule has 128 valence electrons. The van der Waals surface area contributed by atoms with Crippen molar-refractivity contribution in [2.45, 2.75) is 52.1 Å². The largest absolute Gasteiger partial charge is 0.468 e. The van der Waals surface area contributed by atoms with Gasteiger partial charge in [0.05, 0.1) is 13.2 Å². The molecule has 2 fully saturated rings. The van der Waals surface area contributed by atoms with E-state index in [1.807, 2.05) is 0 Å². The number of rotatable bonds is 5. The van der Waals surface area contributed by atoms with Gasteiger partial charge in [-0.15, -0.1) is 0 Å². The molecule has 1 saturated heterocycles. The van der Waals surface area contributed by atoms with Crippen molar-refractivity contribution in [3.63, 3.8) is 0 Å². The van der Waals surface area contributed by atoms with E-state index in [1.165, 1.54) is 7.11 Å². The highest BCUT2D eigenvalue weighted by atomic mass is 16.5. The second-order valence-electron chi connectivity index (χ2n) is 7.06. The molecule has 1 aliphatic heterocycles. The van der Waals surface area contributed by atoms with E-state index in [4.69, 9.17) is 9.47 Å². The molecule has 0 spiro atoms. The molecule has 1 heterocycles. The smallest absolute Gasteiger partial charge is 0.316 e. The summed E-state index contributed by atoms with van der Waals surface area (Å²) < 4.78 is 10.2. The molecular formula is C17H24O6. The van der Waals surface area contributed by atoms with Crippen LogP contribution in [0.25, 0.3) is 0 Å². The van der Waals surface area contributed by atoms with Crippen LogP contribution in [0, 0.1) is 17.3 Å². The van der Waals surface area contributed by atoms with Crippen LogP contribution in [0.1, 0.15) is 46.0 Å². The van der Waals surface area contributed by atoms with E-state index in [0.717, 1.165) is 12.8 Å². The summed E-state index contributed by atoms with van der Waals surface area (Å²) in [5.74, 6) is -4.48. The van der Waals surface area contributed by atoms with Crippen molar-refractivity contribution in [3.8, 4) is 0 Å². The average Bonchev–Trinajstić information content (AvgIpc) is 2.96. The van der Waals surface area contributed by atoms with Gasteiger partial charge in [-0.25, -0.2) is 0 Å².